The fraction of sp³-hybridized carbons (Fsp3) is 0.368. The van der Waals surface area contributed by atoms with Crippen LogP contribution in [0, 0.1) is 0 Å². The lowest BCUT2D eigenvalue weighted by molar-refractivity contribution is -0.131. The molecule has 1 unspecified atom stereocenters. The first kappa shape index (κ1) is 18.6. The summed E-state index contributed by atoms with van der Waals surface area (Å²) in [4.78, 5) is 17.4. The number of carbonyl (C=O) groups excluding carboxylic acids is 1. The lowest BCUT2D eigenvalue weighted by atomic mass is 10.2. The van der Waals surface area contributed by atoms with Crippen molar-refractivity contribution in [3.63, 3.8) is 0 Å². The average molecular weight is 377 g/mol. The molecule has 6 nitrogen and oxygen atoms in total. The first-order valence-corrected chi connectivity index (χ1v) is 8.82. The maximum absolute atomic E-state index is 11.1. The smallest absolute Gasteiger partial charge is 0.308 e. The quantitative estimate of drug-likeness (QED) is 0.439. The van der Waals surface area contributed by atoms with Crippen LogP contribution in [0.5, 0.6) is 11.5 Å². The highest BCUT2D eigenvalue weighted by molar-refractivity contribution is 6.30. The second kappa shape index (κ2) is 8.98. The molecule has 0 amide bonds. The number of carbonyl (C=O) groups is 1. The third-order valence-corrected chi connectivity index (χ3v) is 4.22. The fourth-order valence-corrected chi connectivity index (χ4v) is 2.99. The maximum Gasteiger partial charge on any atom is 0.308 e. The van der Waals surface area contributed by atoms with E-state index in [4.69, 9.17) is 25.8 Å². The molecule has 2 heterocycles. The molecule has 0 bridgehead atoms. The number of esters is 1. The first-order chi connectivity index (χ1) is 12.6. The number of halogens is 1. The highest BCUT2D eigenvalue weighted by Gasteiger charge is 2.21. The summed E-state index contributed by atoms with van der Waals surface area (Å²) in [6.07, 6.45) is 1.58. The Balaban J connectivity index is 1.53. The van der Waals surface area contributed by atoms with Crippen LogP contribution in [0.15, 0.2) is 42.6 Å². The van der Waals surface area contributed by atoms with Crippen LogP contribution < -0.4 is 9.47 Å². The van der Waals surface area contributed by atoms with Gasteiger partial charge >= 0.3 is 5.97 Å². The van der Waals surface area contributed by atoms with Crippen molar-refractivity contribution < 1.29 is 19.0 Å². The van der Waals surface area contributed by atoms with Crippen molar-refractivity contribution in [1.29, 1.82) is 0 Å². The Morgan fingerprint density at radius 2 is 2.27 bits per heavy atom. The van der Waals surface area contributed by atoms with E-state index in [0.717, 1.165) is 25.2 Å². The molecule has 26 heavy (non-hydrogen) atoms. The van der Waals surface area contributed by atoms with Crippen molar-refractivity contribution in [1.82, 2.24) is 9.88 Å². The normalized spacial score (nSPS) is 17.7. The predicted octanol–water partition coefficient (Wildman–Crippen LogP) is 2.94. The molecular weight excluding hydrogens is 356 g/mol. The molecular formula is C19H21ClN2O4. The van der Waals surface area contributed by atoms with Gasteiger partial charge in [0.2, 0.25) is 0 Å². The molecule has 7 heteroatoms. The number of pyridine rings is 1. The van der Waals surface area contributed by atoms with Gasteiger partial charge in [-0.3, -0.25) is 9.69 Å². The van der Waals surface area contributed by atoms with E-state index in [1.165, 1.54) is 6.92 Å². The SMILES string of the molecule is CC(=O)Oc1cccc(CN2CCOC(COc3cccnc3Cl)C2)c1. The Kier molecular flexibility index (Phi) is 6.44. The molecule has 1 aliphatic heterocycles. The van der Waals surface area contributed by atoms with Crippen LogP contribution in [0.3, 0.4) is 0 Å². The molecule has 1 fully saturated rings. The molecule has 1 saturated heterocycles. The van der Waals surface area contributed by atoms with Gasteiger partial charge in [-0.1, -0.05) is 23.7 Å². The second-order valence-electron chi connectivity index (χ2n) is 6.07. The summed E-state index contributed by atoms with van der Waals surface area (Å²) in [5.74, 6) is 0.804. The molecule has 0 saturated carbocycles. The highest BCUT2D eigenvalue weighted by atomic mass is 35.5. The Hall–Kier alpha value is -2.15. The number of morpholine rings is 1. The minimum absolute atomic E-state index is 0.0447. The van der Waals surface area contributed by atoms with Crippen LogP contribution in [0.4, 0.5) is 0 Å². The molecule has 0 radical (unpaired) electrons. The zero-order valence-corrected chi connectivity index (χ0v) is 15.3. The van der Waals surface area contributed by atoms with Crippen molar-refractivity contribution in [2.24, 2.45) is 0 Å². The summed E-state index contributed by atoms with van der Waals surface area (Å²) in [5.41, 5.74) is 1.08. The van der Waals surface area contributed by atoms with Gasteiger partial charge in [0.15, 0.2) is 10.9 Å². The molecule has 1 aliphatic rings. The summed E-state index contributed by atoms with van der Waals surface area (Å²) in [6, 6.07) is 11.1. The molecule has 1 aromatic carbocycles. The molecule has 1 atom stereocenters. The Bertz CT molecular complexity index is 756. The monoisotopic (exact) mass is 376 g/mol. The molecule has 0 spiro atoms. The van der Waals surface area contributed by atoms with E-state index in [2.05, 4.69) is 9.88 Å². The lowest BCUT2D eigenvalue weighted by Crippen LogP contribution is -2.44. The van der Waals surface area contributed by atoms with Gasteiger partial charge in [0, 0.05) is 32.8 Å². The van der Waals surface area contributed by atoms with Gasteiger partial charge in [0.25, 0.3) is 0 Å². The summed E-state index contributed by atoms with van der Waals surface area (Å²) in [6.45, 7) is 4.78. The van der Waals surface area contributed by atoms with Crippen molar-refractivity contribution in [3.05, 3.63) is 53.3 Å². The molecule has 0 aliphatic carbocycles. The maximum atomic E-state index is 11.1. The van der Waals surface area contributed by atoms with E-state index in [9.17, 15) is 4.79 Å². The number of aromatic nitrogens is 1. The highest BCUT2D eigenvalue weighted by Crippen LogP contribution is 2.21. The van der Waals surface area contributed by atoms with Crippen molar-refractivity contribution >= 4 is 17.6 Å². The topological polar surface area (TPSA) is 60.9 Å². The van der Waals surface area contributed by atoms with E-state index < -0.39 is 0 Å². The van der Waals surface area contributed by atoms with Crippen LogP contribution in [0.1, 0.15) is 12.5 Å². The second-order valence-corrected chi connectivity index (χ2v) is 6.43. The van der Waals surface area contributed by atoms with Crippen LogP contribution in [0.2, 0.25) is 5.15 Å². The van der Waals surface area contributed by atoms with Crippen molar-refractivity contribution in [2.45, 2.75) is 19.6 Å². The third-order valence-electron chi connectivity index (χ3n) is 3.94. The molecule has 138 valence electrons. The molecule has 0 N–H and O–H groups in total. The summed E-state index contributed by atoms with van der Waals surface area (Å²) < 4.78 is 16.7. The predicted molar refractivity (Wildman–Crippen MR) is 97.5 cm³/mol. The van der Waals surface area contributed by atoms with Gasteiger partial charge in [-0.25, -0.2) is 4.98 Å². The number of rotatable bonds is 6. The lowest BCUT2D eigenvalue weighted by Gasteiger charge is -2.32. The number of hydrogen-bond donors (Lipinski definition) is 0. The van der Waals surface area contributed by atoms with Gasteiger partial charge < -0.3 is 14.2 Å². The Morgan fingerprint density at radius 1 is 1.38 bits per heavy atom. The number of benzene rings is 1. The van der Waals surface area contributed by atoms with E-state index >= 15 is 0 Å². The van der Waals surface area contributed by atoms with Gasteiger partial charge in [0.05, 0.1) is 6.61 Å². The van der Waals surface area contributed by atoms with Crippen LogP contribution >= 0.6 is 11.6 Å². The third kappa shape index (κ3) is 5.42. The molecule has 2 aromatic rings. The van der Waals surface area contributed by atoms with Gasteiger partial charge in [-0.15, -0.1) is 0 Å². The summed E-state index contributed by atoms with van der Waals surface area (Å²) in [7, 11) is 0. The van der Waals surface area contributed by atoms with Crippen LogP contribution in [-0.2, 0) is 16.1 Å². The minimum Gasteiger partial charge on any atom is -0.488 e. The zero-order valence-electron chi connectivity index (χ0n) is 14.6. The Morgan fingerprint density at radius 3 is 3.08 bits per heavy atom. The number of nitrogens with zero attached hydrogens (tertiary/aromatic N) is 2. The van der Waals surface area contributed by atoms with Crippen molar-refractivity contribution in [3.8, 4) is 11.5 Å². The minimum atomic E-state index is -0.320. The van der Waals surface area contributed by atoms with E-state index in [1.54, 1.807) is 24.4 Å². The largest absolute Gasteiger partial charge is 0.488 e. The van der Waals surface area contributed by atoms with E-state index in [0.29, 0.717) is 29.9 Å². The van der Waals surface area contributed by atoms with Gasteiger partial charge in [0.1, 0.15) is 18.5 Å². The van der Waals surface area contributed by atoms with Gasteiger partial charge in [-0.05, 0) is 29.8 Å². The Labute approximate surface area is 157 Å². The summed E-state index contributed by atoms with van der Waals surface area (Å²) in [5, 5.41) is 0.349. The van der Waals surface area contributed by atoms with E-state index in [-0.39, 0.29) is 12.1 Å². The molecule has 3 rings (SSSR count). The number of hydrogen-bond acceptors (Lipinski definition) is 6. The molecule has 1 aromatic heterocycles. The first-order valence-electron chi connectivity index (χ1n) is 8.45. The average Bonchev–Trinajstić information content (AvgIpc) is 2.61. The van der Waals surface area contributed by atoms with Crippen molar-refractivity contribution in [2.75, 3.05) is 26.3 Å². The summed E-state index contributed by atoms with van der Waals surface area (Å²) >= 11 is 6.01. The van der Waals surface area contributed by atoms with Crippen LogP contribution in [-0.4, -0.2) is 48.3 Å². The zero-order chi connectivity index (χ0) is 18.4. The van der Waals surface area contributed by atoms with Crippen LogP contribution in [0.25, 0.3) is 0 Å². The van der Waals surface area contributed by atoms with E-state index in [1.807, 2.05) is 18.2 Å². The number of ether oxygens (including phenoxy) is 3. The van der Waals surface area contributed by atoms with Gasteiger partial charge in [-0.2, -0.15) is 0 Å². The fourth-order valence-electron chi connectivity index (χ4n) is 2.82. The standard InChI is InChI=1S/C19H21ClN2O4/c1-14(23)26-16-5-2-4-15(10-16)11-22-8-9-24-17(12-22)13-25-18-6-3-7-21-19(18)20/h2-7,10,17H,8-9,11-13H2,1H3.